The molecule has 0 fully saturated rings. The molecule has 5 heteroatoms. The summed E-state index contributed by atoms with van der Waals surface area (Å²) in [5, 5.41) is 7.86. The Morgan fingerprint density at radius 2 is 1.83 bits per heavy atom. The van der Waals surface area contributed by atoms with E-state index in [4.69, 9.17) is 4.52 Å². The van der Waals surface area contributed by atoms with E-state index in [1.165, 1.54) is 0 Å². The van der Waals surface area contributed by atoms with Gasteiger partial charge in [-0.15, -0.1) is 0 Å². The number of hydrogen-bond acceptors (Lipinski definition) is 3. The van der Waals surface area contributed by atoms with Gasteiger partial charge < -0.3 is 14.8 Å². The second kappa shape index (κ2) is 6.04. The van der Waals surface area contributed by atoms with Gasteiger partial charge >= 0.3 is 0 Å². The number of nitrogens with zero attached hydrogens (tertiary/aromatic N) is 1. The van der Waals surface area contributed by atoms with Crippen molar-refractivity contribution in [3.8, 4) is 11.3 Å². The van der Waals surface area contributed by atoms with E-state index in [0.29, 0.717) is 23.7 Å². The molecule has 118 valence electrons. The Bertz CT molecular complexity index is 953. The standard InChI is InChI=1S/C19H15N3O2/c23-19(17-10-14-8-4-5-9-16(14)21-17)20-12-15-11-18(24-22-15)13-6-2-1-3-7-13/h1-11,21H,12H2,(H,20,23). The van der Waals surface area contributed by atoms with Crippen molar-refractivity contribution in [1.29, 1.82) is 0 Å². The molecule has 2 N–H and O–H groups in total. The molecule has 5 nitrogen and oxygen atoms in total. The van der Waals surface area contributed by atoms with Crippen molar-refractivity contribution in [2.45, 2.75) is 6.54 Å². The molecule has 2 aromatic heterocycles. The molecule has 2 aromatic carbocycles. The smallest absolute Gasteiger partial charge is 0.268 e. The number of carbonyl (C=O) groups excluding carboxylic acids is 1. The number of H-pyrrole nitrogens is 1. The topological polar surface area (TPSA) is 70.9 Å². The Kier molecular flexibility index (Phi) is 3.59. The lowest BCUT2D eigenvalue weighted by Gasteiger charge is -1.99. The minimum absolute atomic E-state index is 0.171. The normalized spacial score (nSPS) is 10.8. The van der Waals surface area contributed by atoms with Crippen molar-refractivity contribution < 1.29 is 9.32 Å². The number of benzene rings is 2. The molecule has 24 heavy (non-hydrogen) atoms. The number of aromatic nitrogens is 2. The van der Waals surface area contributed by atoms with E-state index in [9.17, 15) is 4.79 Å². The van der Waals surface area contributed by atoms with Crippen molar-refractivity contribution in [1.82, 2.24) is 15.5 Å². The van der Waals surface area contributed by atoms with Gasteiger partial charge in [-0.2, -0.15) is 0 Å². The van der Waals surface area contributed by atoms with Gasteiger partial charge in [0, 0.05) is 22.5 Å². The summed E-state index contributed by atoms with van der Waals surface area (Å²) in [7, 11) is 0. The van der Waals surface area contributed by atoms with Crippen molar-refractivity contribution in [3.63, 3.8) is 0 Å². The maximum atomic E-state index is 12.3. The first-order valence-corrected chi connectivity index (χ1v) is 7.66. The third-order valence-electron chi connectivity index (χ3n) is 3.82. The molecular formula is C19H15N3O2. The largest absolute Gasteiger partial charge is 0.356 e. The average molecular weight is 317 g/mol. The van der Waals surface area contributed by atoms with E-state index in [1.54, 1.807) is 0 Å². The van der Waals surface area contributed by atoms with E-state index >= 15 is 0 Å². The fourth-order valence-corrected chi connectivity index (χ4v) is 2.60. The quantitative estimate of drug-likeness (QED) is 0.602. The van der Waals surface area contributed by atoms with Crippen molar-refractivity contribution in [2.75, 3.05) is 0 Å². The minimum atomic E-state index is -0.171. The van der Waals surface area contributed by atoms with Crippen LogP contribution in [0.5, 0.6) is 0 Å². The van der Waals surface area contributed by atoms with Gasteiger partial charge in [0.05, 0.1) is 6.54 Å². The van der Waals surface area contributed by atoms with Crippen LogP contribution in [0.2, 0.25) is 0 Å². The van der Waals surface area contributed by atoms with Crippen LogP contribution < -0.4 is 5.32 Å². The zero-order valence-electron chi connectivity index (χ0n) is 12.8. The molecule has 0 aliphatic carbocycles. The van der Waals surface area contributed by atoms with Crippen LogP contribution in [0.4, 0.5) is 0 Å². The Hall–Kier alpha value is -3.34. The van der Waals surface area contributed by atoms with Gasteiger partial charge in [0.1, 0.15) is 11.4 Å². The van der Waals surface area contributed by atoms with Gasteiger partial charge in [0.2, 0.25) is 0 Å². The number of aromatic amines is 1. The van der Waals surface area contributed by atoms with Crippen LogP contribution in [0.15, 0.2) is 71.3 Å². The fraction of sp³-hybridized carbons (Fsp3) is 0.0526. The van der Waals surface area contributed by atoms with Gasteiger partial charge in [-0.3, -0.25) is 4.79 Å². The van der Waals surface area contributed by atoms with Gasteiger partial charge in [-0.25, -0.2) is 0 Å². The molecule has 0 atom stereocenters. The zero-order valence-corrected chi connectivity index (χ0v) is 12.8. The van der Waals surface area contributed by atoms with Crippen LogP contribution in [0.3, 0.4) is 0 Å². The first-order valence-electron chi connectivity index (χ1n) is 7.66. The summed E-state index contributed by atoms with van der Waals surface area (Å²) >= 11 is 0. The predicted molar refractivity (Wildman–Crippen MR) is 91.4 cm³/mol. The Labute approximate surface area is 138 Å². The van der Waals surface area contributed by atoms with Gasteiger partial charge in [-0.1, -0.05) is 53.7 Å². The molecule has 4 rings (SSSR count). The maximum Gasteiger partial charge on any atom is 0.268 e. The highest BCUT2D eigenvalue weighted by Crippen LogP contribution is 2.19. The first kappa shape index (κ1) is 14.3. The highest BCUT2D eigenvalue weighted by atomic mass is 16.5. The summed E-state index contributed by atoms with van der Waals surface area (Å²) in [5.74, 6) is 0.515. The number of nitrogens with one attached hydrogen (secondary N) is 2. The van der Waals surface area contributed by atoms with Crippen LogP contribution in [0, 0.1) is 0 Å². The number of hydrogen-bond donors (Lipinski definition) is 2. The molecule has 0 saturated heterocycles. The molecule has 4 aromatic rings. The van der Waals surface area contributed by atoms with E-state index in [2.05, 4.69) is 15.5 Å². The van der Waals surface area contributed by atoms with Gasteiger partial charge in [0.15, 0.2) is 5.76 Å². The molecule has 0 bridgehead atoms. The Morgan fingerprint density at radius 1 is 1.04 bits per heavy atom. The maximum absolute atomic E-state index is 12.3. The van der Waals surface area contributed by atoms with E-state index in [0.717, 1.165) is 16.5 Å². The average Bonchev–Trinajstić information content (AvgIpc) is 3.27. The molecule has 0 aliphatic rings. The monoisotopic (exact) mass is 317 g/mol. The molecule has 0 aliphatic heterocycles. The second-order valence-electron chi connectivity index (χ2n) is 5.50. The number of amides is 1. The molecule has 0 radical (unpaired) electrons. The van der Waals surface area contributed by atoms with Crippen molar-refractivity contribution in [2.24, 2.45) is 0 Å². The summed E-state index contributed by atoms with van der Waals surface area (Å²) in [4.78, 5) is 15.4. The number of carbonyl (C=O) groups is 1. The van der Waals surface area contributed by atoms with Crippen molar-refractivity contribution in [3.05, 3.63) is 78.1 Å². The Morgan fingerprint density at radius 3 is 2.67 bits per heavy atom. The highest BCUT2D eigenvalue weighted by molar-refractivity contribution is 5.97. The molecule has 0 unspecified atom stereocenters. The lowest BCUT2D eigenvalue weighted by molar-refractivity contribution is 0.0946. The van der Waals surface area contributed by atoms with Crippen LogP contribution in [0.1, 0.15) is 16.2 Å². The number of para-hydroxylation sites is 1. The summed E-state index contributed by atoms with van der Waals surface area (Å²) in [6, 6.07) is 21.2. The molecule has 2 heterocycles. The fourth-order valence-electron chi connectivity index (χ4n) is 2.60. The third kappa shape index (κ3) is 2.79. The van der Waals surface area contributed by atoms with Crippen LogP contribution in [-0.2, 0) is 6.54 Å². The van der Waals surface area contributed by atoms with Crippen molar-refractivity contribution >= 4 is 16.8 Å². The van der Waals surface area contributed by atoms with Crippen LogP contribution >= 0.6 is 0 Å². The van der Waals surface area contributed by atoms with E-state index in [1.807, 2.05) is 66.7 Å². The third-order valence-corrected chi connectivity index (χ3v) is 3.82. The lowest BCUT2D eigenvalue weighted by Crippen LogP contribution is -2.23. The molecule has 0 spiro atoms. The summed E-state index contributed by atoms with van der Waals surface area (Å²) in [5.41, 5.74) is 3.11. The second-order valence-corrected chi connectivity index (χ2v) is 5.50. The van der Waals surface area contributed by atoms with Crippen LogP contribution in [-0.4, -0.2) is 16.0 Å². The zero-order chi connectivity index (χ0) is 16.4. The van der Waals surface area contributed by atoms with Gasteiger partial charge in [0.25, 0.3) is 5.91 Å². The lowest BCUT2D eigenvalue weighted by atomic mass is 10.2. The molecule has 1 amide bonds. The van der Waals surface area contributed by atoms with E-state index in [-0.39, 0.29) is 5.91 Å². The summed E-state index contributed by atoms with van der Waals surface area (Å²) < 4.78 is 5.33. The van der Waals surface area contributed by atoms with Gasteiger partial charge in [-0.05, 0) is 12.1 Å². The van der Waals surface area contributed by atoms with Crippen LogP contribution in [0.25, 0.3) is 22.2 Å². The molecule has 0 saturated carbocycles. The number of fused-ring (bicyclic) bond motifs is 1. The number of rotatable bonds is 4. The SMILES string of the molecule is O=C(NCc1cc(-c2ccccc2)on1)c1cc2ccccc2[nH]1. The predicted octanol–water partition coefficient (Wildman–Crippen LogP) is 3.75. The molecular weight excluding hydrogens is 302 g/mol. The minimum Gasteiger partial charge on any atom is -0.356 e. The summed E-state index contributed by atoms with van der Waals surface area (Å²) in [6.45, 7) is 0.310. The first-order chi connectivity index (χ1) is 11.8. The van der Waals surface area contributed by atoms with E-state index < -0.39 is 0 Å². The summed E-state index contributed by atoms with van der Waals surface area (Å²) in [6.07, 6.45) is 0. The highest BCUT2D eigenvalue weighted by Gasteiger charge is 2.11. The Balaban J connectivity index is 1.45.